The highest BCUT2D eigenvalue weighted by Crippen LogP contribution is 2.34. The van der Waals surface area contributed by atoms with Gasteiger partial charge in [-0.15, -0.1) is 0 Å². The number of aryl methyl sites for hydroxylation is 1. The summed E-state index contributed by atoms with van der Waals surface area (Å²) >= 11 is 0. The minimum Gasteiger partial charge on any atom is -0.461 e. The predicted octanol–water partition coefficient (Wildman–Crippen LogP) is 3.42. The number of pyridine rings is 1. The van der Waals surface area contributed by atoms with Crippen molar-refractivity contribution in [3.05, 3.63) is 54.5 Å². The maximum atomic E-state index is 12.4. The molecule has 0 atom stereocenters. The van der Waals surface area contributed by atoms with Crippen molar-refractivity contribution >= 4 is 16.9 Å². The van der Waals surface area contributed by atoms with Crippen LogP contribution in [-0.2, 0) is 11.8 Å². The molecular formula is C17H16N2O2. The standard InChI is InChI=1S/C17H16N2O2/c1-3-21-17(20)16-15(12-7-5-4-6-8-12)13-9-10-18-11-14(13)19(16)2/h4-11H,3H2,1-2H3. The Morgan fingerprint density at radius 1 is 1.24 bits per heavy atom. The summed E-state index contributed by atoms with van der Waals surface area (Å²) in [5, 5.41) is 1.00. The molecule has 106 valence electrons. The van der Waals surface area contributed by atoms with Crippen molar-refractivity contribution in [3.63, 3.8) is 0 Å². The summed E-state index contributed by atoms with van der Waals surface area (Å²) in [5.74, 6) is -0.310. The SMILES string of the molecule is CCOC(=O)c1c(-c2ccccc2)c2ccncc2n1C. The van der Waals surface area contributed by atoms with E-state index in [2.05, 4.69) is 4.98 Å². The quantitative estimate of drug-likeness (QED) is 0.690. The second-order valence-corrected chi connectivity index (χ2v) is 4.76. The first kappa shape index (κ1) is 13.4. The number of nitrogens with zero attached hydrogens (tertiary/aromatic N) is 2. The number of hydrogen-bond donors (Lipinski definition) is 0. The summed E-state index contributed by atoms with van der Waals surface area (Å²) in [6.45, 7) is 2.16. The Labute approximate surface area is 123 Å². The van der Waals surface area contributed by atoms with Gasteiger partial charge in [0.2, 0.25) is 0 Å². The molecule has 0 saturated heterocycles. The van der Waals surface area contributed by atoms with Crippen LogP contribution in [0, 0.1) is 0 Å². The van der Waals surface area contributed by atoms with Crippen LogP contribution in [0.2, 0.25) is 0 Å². The van der Waals surface area contributed by atoms with Gasteiger partial charge < -0.3 is 9.30 Å². The number of aromatic nitrogens is 2. The maximum Gasteiger partial charge on any atom is 0.355 e. The summed E-state index contributed by atoms with van der Waals surface area (Å²) in [5.41, 5.74) is 3.37. The van der Waals surface area contributed by atoms with Gasteiger partial charge in [-0.2, -0.15) is 0 Å². The van der Waals surface area contributed by atoms with Crippen molar-refractivity contribution in [2.75, 3.05) is 6.61 Å². The lowest BCUT2D eigenvalue weighted by Crippen LogP contribution is -2.11. The second kappa shape index (κ2) is 5.40. The monoisotopic (exact) mass is 280 g/mol. The fraction of sp³-hybridized carbons (Fsp3) is 0.176. The summed E-state index contributed by atoms with van der Waals surface area (Å²) in [6.07, 6.45) is 3.51. The normalized spacial score (nSPS) is 10.8. The molecule has 21 heavy (non-hydrogen) atoms. The van der Waals surface area contributed by atoms with E-state index in [1.165, 1.54) is 0 Å². The molecule has 0 amide bonds. The molecule has 3 aromatic rings. The Bertz CT molecular complexity index is 791. The van der Waals surface area contributed by atoms with Gasteiger partial charge in [-0.25, -0.2) is 4.79 Å². The third-order valence-corrected chi connectivity index (χ3v) is 3.53. The molecule has 0 aliphatic rings. The topological polar surface area (TPSA) is 44.1 Å². The van der Waals surface area contributed by atoms with E-state index in [1.807, 2.05) is 54.9 Å². The van der Waals surface area contributed by atoms with Gasteiger partial charge in [0.25, 0.3) is 0 Å². The van der Waals surface area contributed by atoms with E-state index in [0.717, 1.165) is 22.0 Å². The van der Waals surface area contributed by atoms with Gasteiger partial charge in [0, 0.05) is 24.2 Å². The van der Waals surface area contributed by atoms with Crippen LogP contribution in [0.15, 0.2) is 48.8 Å². The molecule has 2 aromatic heterocycles. The molecule has 0 radical (unpaired) electrons. The summed E-state index contributed by atoms with van der Waals surface area (Å²) in [7, 11) is 1.86. The smallest absolute Gasteiger partial charge is 0.355 e. The van der Waals surface area contributed by atoms with E-state index in [9.17, 15) is 4.79 Å². The number of benzene rings is 1. The molecule has 2 heterocycles. The highest BCUT2D eigenvalue weighted by atomic mass is 16.5. The molecule has 4 nitrogen and oxygen atoms in total. The molecule has 0 spiro atoms. The first-order valence-electron chi connectivity index (χ1n) is 6.89. The van der Waals surface area contributed by atoms with Crippen molar-refractivity contribution in [1.82, 2.24) is 9.55 Å². The first-order valence-corrected chi connectivity index (χ1v) is 6.89. The van der Waals surface area contributed by atoms with Crippen molar-refractivity contribution in [2.24, 2.45) is 7.05 Å². The number of fused-ring (bicyclic) bond motifs is 1. The Balaban J connectivity index is 2.35. The van der Waals surface area contributed by atoms with Crippen LogP contribution >= 0.6 is 0 Å². The number of hydrogen-bond acceptors (Lipinski definition) is 3. The fourth-order valence-corrected chi connectivity index (χ4v) is 2.62. The minimum absolute atomic E-state index is 0.310. The maximum absolute atomic E-state index is 12.4. The van der Waals surface area contributed by atoms with Crippen LogP contribution in [0.4, 0.5) is 0 Å². The molecule has 0 bridgehead atoms. The van der Waals surface area contributed by atoms with Crippen LogP contribution < -0.4 is 0 Å². The zero-order valence-electron chi connectivity index (χ0n) is 12.0. The largest absolute Gasteiger partial charge is 0.461 e. The highest BCUT2D eigenvalue weighted by molar-refractivity contribution is 6.08. The summed E-state index contributed by atoms with van der Waals surface area (Å²) in [4.78, 5) is 16.5. The third kappa shape index (κ3) is 2.18. The van der Waals surface area contributed by atoms with Gasteiger partial charge in [0.05, 0.1) is 18.3 Å². The first-order chi connectivity index (χ1) is 10.2. The molecule has 0 aliphatic carbocycles. The molecule has 4 heteroatoms. The van der Waals surface area contributed by atoms with E-state index in [0.29, 0.717) is 12.3 Å². The Morgan fingerprint density at radius 2 is 2.00 bits per heavy atom. The number of ether oxygens (including phenoxy) is 1. The average molecular weight is 280 g/mol. The van der Waals surface area contributed by atoms with E-state index in [1.54, 1.807) is 12.4 Å². The van der Waals surface area contributed by atoms with Gasteiger partial charge in [0.1, 0.15) is 5.69 Å². The van der Waals surface area contributed by atoms with Crippen LogP contribution in [0.1, 0.15) is 17.4 Å². The zero-order chi connectivity index (χ0) is 14.8. The Hall–Kier alpha value is -2.62. The Kier molecular flexibility index (Phi) is 3.44. The molecule has 0 unspecified atom stereocenters. The van der Waals surface area contributed by atoms with Gasteiger partial charge in [-0.1, -0.05) is 30.3 Å². The van der Waals surface area contributed by atoms with E-state index >= 15 is 0 Å². The van der Waals surface area contributed by atoms with Gasteiger partial charge >= 0.3 is 5.97 Å². The lowest BCUT2D eigenvalue weighted by molar-refractivity contribution is 0.0517. The van der Waals surface area contributed by atoms with Crippen LogP contribution in [-0.4, -0.2) is 22.1 Å². The summed E-state index contributed by atoms with van der Waals surface area (Å²) in [6, 6.07) is 11.8. The highest BCUT2D eigenvalue weighted by Gasteiger charge is 2.22. The molecule has 3 rings (SSSR count). The molecule has 0 fully saturated rings. The lowest BCUT2D eigenvalue weighted by Gasteiger charge is -2.07. The molecular weight excluding hydrogens is 264 g/mol. The lowest BCUT2D eigenvalue weighted by atomic mass is 10.0. The van der Waals surface area contributed by atoms with E-state index in [4.69, 9.17) is 4.74 Å². The minimum atomic E-state index is -0.310. The van der Waals surface area contributed by atoms with Gasteiger partial charge in [-0.05, 0) is 18.6 Å². The average Bonchev–Trinajstić information content (AvgIpc) is 2.82. The third-order valence-electron chi connectivity index (χ3n) is 3.53. The van der Waals surface area contributed by atoms with Crippen molar-refractivity contribution in [2.45, 2.75) is 6.92 Å². The number of carbonyl (C=O) groups is 1. The number of rotatable bonds is 3. The summed E-state index contributed by atoms with van der Waals surface area (Å²) < 4.78 is 7.07. The molecule has 0 aliphatic heterocycles. The van der Waals surface area contributed by atoms with E-state index in [-0.39, 0.29) is 5.97 Å². The molecule has 1 aromatic carbocycles. The zero-order valence-corrected chi connectivity index (χ0v) is 12.0. The fourth-order valence-electron chi connectivity index (χ4n) is 2.62. The van der Waals surface area contributed by atoms with E-state index < -0.39 is 0 Å². The van der Waals surface area contributed by atoms with Crippen molar-refractivity contribution in [1.29, 1.82) is 0 Å². The van der Waals surface area contributed by atoms with Crippen LogP contribution in [0.3, 0.4) is 0 Å². The van der Waals surface area contributed by atoms with Crippen molar-refractivity contribution in [3.8, 4) is 11.1 Å². The van der Waals surface area contributed by atoms with Gasteiger partial charge in [-0.3, -0.25) is 4.98 Å². The molecule has 0 saturated carbocycles. The van der Waals surface area contributed by atoms with Crippen molar-refractivity contribution < 1.29 is 9.53 Å². The predicted molar refractivity (Wildman–Crippen MR) is 82.1 cm³/mol. The van der Waals surface area contributed by atoms with Gasteiger partial charge in [0.15, 0.2) is 0 Å². The number of carbonyl (C=O) groups excluding carboxylic acids is 1. The van der Waals surface area contributed by atoms with Crippen LogP contribution in [0.5, 0.6) is 0 Å². The molecule has 0 N–H and O–H groups in total. The van der Waals surface area contributed by atoms with Crippen LogP contribution in [0.25, 0.3) is 22.0 Å². The number of esters is 1. The Morgan fingerprint density at radius 3 is 2.71 bits per heavy atom. The second-order valence-electron chi connectivity index (χ2n) is 4.76.